The summed E-state index contributed by atoms with van der Waals surface area (Å²) in [5, 5.41) is 27.8. The number of rotatable bonds is 8. The van der Waals surface area contributed by atoms with Crippen LogP contribution in [0.4, 0.5) is 13.2 Å². The van der Waals surface area contributed by atoms with E-state index in [1.165, 1.54) is 0 Å². The van der Waals surface area contributed by atoms with Gasteiger partial charge in [-0.05, 0) is 42.7 Å². The number of alkyl halides is 3. The molecular weight excluding hydrogens is 609 g/mol. The molecule has 0 aliphatic rings. The Morgan fingerprint density at radius 1 is 1.05 bits per heavy atom. The number of nitrogens with zero attached hydrogens (tertiary/aromatic N) is 1. The van der Waals surface area contributed by atoms with Crippen LogP contribution in [0.2, 0.25) is 0 Å². The molecule has 0 bridgehead atoms. The first-order valence-electron chi connectivity index (χ1n) is 12.3. The number of amides is 2. The molecule has 16 heteroatoms. The summed E-state index contributed by atoms with van der Waals surface area (Å²) in [4.78, 5) is 55.3. The molecule has 2 amide bonds. The maximum atomic E-state index is 12.2. The smallest absolute Gasteiger partial charge is 0.479 e. The topological polar surface area (TPSA) is 223 Å². The van der Waals surface area contributed by atoms with Gasteiger partial charge in [-0.25, -0.2) is 14.4 Å². The van der Waals surface area contributed by atoms with E-state index in [2.05, 4.69) is 5.32 Å². The highest BCUT2D eigenvalue weighted by molar-refractivity contribution is 7.16. The number of carbonyl (C=O) groups is 5. The van der Waals surface area contributed by atoms with Crippen molar-refractivity contribution in [3.05, 3.63) is 92.2 Å². The molecule has 0 aliphatic heterocycles. The molecule has 12 nitrogen and oxygen atoms in total. The van der Waals surface area contributed by atoms with Crippen LogP contribution < -0.4 is 16.8 Å². The Balaban J connectivity index is 0.000000372. The largest absolute Gasteiger partial charge is 0.490 e. The van der Waals surface area contributed by atoms with Crippen LogP contribution in [0.5, 0.6) is 0 Å². The first-order chi connectivity index (χ1) is 20.6. The van der Waals surface area contributed by atoms with Crippen LogP contribution in [0.3, 0.4) is 0 Å². The second kappa shape index (κ2) is 17.0. The predicted octanol–water partition coefficient (Wildman–Crippen LogP) is 3.54. The number of nitrogens with one attached hydrogen (secondary N) is 1. The standard InChI is InChI=1S/C16H16N2O3.C10H10N2O3S.C2HF3O2/c17-10-11-5-4-8-13(9-11)15(19)18-14(16(20)21)12-6-2-1-3-7-12;1-3-15-10(14)7-5(2)6(4-11)8(16-7)9(12)13;3-2(4,5)1(6)7/h1-9,14H,10,17H2,(H,18,19)(H,20,21);3H2,1-2H3,(H2,12,13);(H,6,7)/t14-;;/m1../s1. The van der Waals surface area contributed by atoms with Crippen LogP contribution in [0.25, 0.3) is 0 Å². The van der Waals surface area contributed by atoms with Crippen molar-refractivity contribution in [2.75, 3.05) is 6.61 Å². The average molecular weight is 637 g/mol. The molecule has 2 aromatic carbocycles. The summed E-state index contributed by atoms with van der Waals surface area (Å²) in [6.45, 7) is 3.83. The highest BCUT2D eigenvalue weighted by Gasteiger charge is 2.38. The number of carboxylic acids is 2. The van der Waals surface area contributed by atoms with Gasteiger partial charge in [0.2, 0.25) is 0 Å². The van der Waals surface area contributed by atoms with Crippen molar-refractivity contribution in [3.63, 3.8) is 0 Å². The van der Waals surface area contributed by atoms with Gasteiger partial charge in [0.25, 0.3) is 11.8 Å². The lowest BCUT2D eigenvalue weighted by Crippen LogP contribution is -2.33. The fraction of sp³-hybridized carbons (Fsp3) is 0.214. The number of aliphatic carboxylic acids is 2. The molecule has 0 radical (unpaired) electrons. The summed E-state index contributed by atoms with van der Waals surface area (Å²) in [6, 6.07) is 16.2. The van der Waals surface area contributed by atoms with Gasteiger partial charge in [-0.3, -0.25) is 9.59 Å². The van der Waals surface area contributed by atoms with Gasteiger partial charge in [-0.15, -0.1) is 11.3 Å². The molecule has 234 valence electrons. The number of hydrogen-bond donors (Lipinski definition) is 5. The van der Waals surface area contributed by atoms with Crippen molar-refractivity contribution in [3.8, 4) is 6.07 Å². The number of thiophene rings is 1. The molecule has 3 rings (SSSR count). The number of carboxylic acid groups (broad SMARTS) is 2. The predicted molar refractivity (Wildman–Crippen MR) is 151 cm³/mol. The lowest BCUT2D eigenvalue weighted by molar-refractivity contribution is -0.192. The Bertz CT molecular complexity index is 1540. The number of hydrogen-bond acceptors (Lipinski definition) is 9. The quantitative estimate of drug-likeness (QED) is 0.226. The van der Waals surface area contributed by atoms with Crippen molar-refractivity contribution < 1.29 is 52.1 Å². The van der Waals surface area contributed by atoms with Crippen LogP contribution in [0.1, 0.15) is 64.9 Å². The van der Waals surface area contributed by atoms with Gasteiger partial charge in [-0.2, -0.15) is 18.4 Å². The molecule has 7 N–H and O–H groups in total. The highest BCUT2D eigenvalue weighted by Crippen LogP contribution is 2.28. The fourth-order valence-electron chi connectivity index (χ4n) is 3.20. The summed E-state index contributed by atoms with van der Waals surface area (Å²) in [6.07, 6.45) is -5.08. The molecule has 0 fully saturated rings. The maximum Gasteiger partial charge on any atom is 0.490 e. The lowest BCUT2D eigenvalue weighted by atomic mass is 10.1. The minimum Gasteiger partial charge on any atom is -0.479 e. The van der Waals surface area contributed by atoms with E-state index in [1.807, 2.05) is 12.1 Å². The zero-order valence-corrected chi connectivity index (χ0v) is 24.0. The Kier molecular flexibility index (Phi) is 14.2. The van der Waals surface area contributed by atoms with E-state index in [0.717, 1.165) is 16.9 Å². The number of halogens is 3. The van der Waals surface area contributed by atoms with Crippen LogP contribution in [-0.2, 0) is 20.9 Å². The lowest BCUT2D eigenvalue weighted by Gasteiger charge is -2.15. The van der Waals surface area contributed by atoms with E-state index in [9.17, 15) is 37.5 Å². The third kappa shape index (κ3) is 10.9. The van der Waals surface area contributed by atoms with Crippen molar-refractivity contribution in [2.45, 2.75) is 32.6 Å². The molecule has 1 atom stereocenters. The maximum absolute atomic E-state index is 12.2. The SMILES string of the molecule is CCOC(=O)c1sc(C(N)=O)c(C#N)c1C.NCc1cccc(C(=O)N[C@@H](C(=O)O)c2ccccc2)c1.O=C(O)C(F)(F)F. The van der Waals surface area contributed by atoms with Gasteiger partial charge in [0, 0.05) is 12.1 Å². The van der Waals surface area contributed by atoms with Gasteiger partial charge in [0.1, 0.15) is 15.8 Å². The van der Waals surface area contributed by atoms with Crippen molar-refractivity contribution >= 4 is 41.1 Å². The third-order valence-electron chi connectivity index (χ3n) is 5.27. The Labute approximate surface area is 252 Å². The zero-order valence-electron chi connectivity index (χ0n) is 23.2. The first kappa shape index (κ1) is 36.8. The molecule has 0 unspecified atom stereocenters. The van der Waals surface area contributed by atoms with Gasteiger partial charge in [-0.1, -0.05) is 42.5 Å². The molecule has 1 heterocycles. The first-order valence-corrected chi connectivity index (χ1v) is 13.1. The van der Waals surface area contributed by atoms with Crippen LogP contribution in [0.15, 0.2) is 54.6 Å². The normalized spacial score (nSPS) is 10.8. The zero-order chi connectivity index (χ0) is 33.6. The van der Waals surface area contributed by atoms with E-state index < -0.39 is 41.9 Å². The fourth-order valence-corrected chi connectivity index (χ4v) is 4.20. The second-order valence-electron chi connectivity index (χ2n) is 8.32. The average Bonchev–Trinajstić information content (AvgIpc) is 3.32. The Morgan fingerprint density at radius 3 is 2.07 bits per heavy atom. The molecule has 3 aromatic rings. The molecule has 0 saturated carbocycles. The van der Waals surface area contributed by atoms with Gasteiger partial charge in [0.15, 0.2) is 6.04 Å². The molecule has 0 spiro atoms. The number of nitriles is 1. The summed E-state index contributed by atoms with van der Waals surface area (Å²) in [7, 11) is 0. The number of esters is 1. The molecule has 1 aromatic heterocycles. The minimum absolute atomic E-state index is 0.100. The Morgan fingerprint density at radius 2 is 1.64 bits per heavy atom. The van der Waals surface area contributed by atoms with E-state index in [0.29, 0.717) is 23.2 Å². The summed E-state index contributed by atoms with van der Waals surface area (Å²) >= 11 is 0.895. The van der Waals surface area contributed by atoms with E-state index in [1.54, 1.807) is 62.4 Å². The minimum atomic E-state index is -5.08. The van der Waals surface area contributed by atoms with E-state index in [-0.39, 0.29) is 21.9 Å². The number of carbonyl (C=O) groups excluding carboxylic acids is 3. The Hall–Kier alpha value is -5.27. The third-order valence-corrected chi connectivity index (χ3v) is 6.55. The number of primary amides is 1. The molecule has 0 saturated heterocycles. The second-order valence-corrected chi connectivity index (χ2v) is 9.34. The van der Waals surface area contributed by atoms with Crippen LogP contribution in [-0.4, -0.2) is 52.7 Å². The van der Waals surface area contributed by atoms with E-state index in [4.69, 9.17) is 31.4 Å². The summed E-state index contributed by atoms with van der Waals surface area (Å²) in [5.74, 6) is -5.55. The van der Waals surface area contributed by atoms with Crippen molar-refractivity contribution in [2.24, 2.45) is 11.5 Å². The monoisotopic (exact) mass is 636 g/mol. The number of ether oxygens (including phenoxy) is 1. The van der Waals surface area contributed by atoms with Gasteiger partial charge in [0.05, 0.1) is 12.2 Å². The van der Waals surface area contributed by atoms with Gasteiger partial charge < -0.3 is 31.7 Å². The highest BCUT2D eigenvalue weighted by atomic mass is 32.1. The molecule has 44 heavy (non-hydrogen) atoms. The number of nitrogens with two attached hydrogens (primary N) is 2. The summed E-state index contributed by atoms with van der Waals surface area (Å²) in [5.41, 5.74) is 13.0. The van der Waals surface area contributed by atoms with Crippen LogP contribution >= 0.6 is 11.3 Å². The number of benzene rings is 2. The van der Waals surface area contributed by atoms with E-state index >= 15 is 0 Å². The van der Waals surface area contributed by atoms with Crippen LogP contribution in [0, 0.1) is 18.3 Å². The van der Waals surface area contributed by atoms with Gasteiger partial charge >= 0.3 is 24.1 Å². The molecular formula is C28H27F3N4O8S. The van der Waals surface area contributed by atoms with Crippen molar-refractivity contribution in [1.82, 2.24) is 5.32 Å². The van der Waals surface area contributed by atoms with Crippen molar-refractivity contribution in [1.29, 1.82) is 5.26 Å². The summed E-state index contributed by atoms with van der Waals surface area (Å²) < 4.78 is 36.5. The molecule has 0 aliphatic carbocycles.